The number of nitrogens with zero attached hydrogens (tertiary/aromatic N) is 1. The molecule has 1 aromatic rings. The summed E-state index contributed by atoms with van der Waals surface area (Å²) in [5.74, 6) is 0.190. The number of nitrogens with one attached hydrogen (secondary N) is 1. The Morgan fingerprint density at radius 3 is 2.00 bits per heavy atom. The van der Waals surface area contributed by atoms with Crippen LogP contribution in [0.15, 0.2) is 30.3 Å². The van der Waals surface area contributed by atoms with Gasteiger partial charge in [-0.1, -0.05) is 88.6 Å². The highest BCUT2D eigenvalue weighted by molar-refractivity contribution is 5.87. The fourth-order valence-electron chi connectivity index (χ4n) is 6.29. The summed E-state index contributed by atoms with van der Waals surface area (Å²) in [6, 6.07) is 10.4. The van der Waals surface area contributed by atoms with Crippen molar-refractivity contribution >= 4 is 5.91 Å². The van der Waals surface area contributed by atoms with Crippen LogP contribution >= 0.6 is 0 Å². The van der Waals surface area contributed by atoms with Gasteiger partial charge in [-0.25, -0.2) is 0 Å². The summed E-state index contributed by atoms with van der Waals surface area (Å²) in [5, 5.41) is 3.72. The highest BCUT2D eigenvalue weighted by atomic mass is 16.5. The van der Waals surface area contributed by atoms with Crippen LogP contribution < -0.4 is 5.32 Å². The highest BCUT2D eigenvalue weighted by Crippen LogP contribution is 2.45. The normalized spacial score (nSPS) is 23.4. The number of hydrogen-bond acceptors (Lipinski definition) is 3. The predicted molar refractivity (Wildman–Crippen MR) is 137 cm³/mol. The van der Waals surface area contributed by atoms with Crippen molar-refractivity contribution in [1.29, 1.82) is 0 Å². The van der Waals surface area contributed by atoms with E-state index in [-0.39, 0.29) is 23.2 Å². The molecule has 1 unspecified atom stereocenters. The van der Waals surface area contributed by atoms with Gasteiger partial charge in [0.15, 0.2) is 5.60 Å². The molecule has 0 aliphatic carbocycles. The number of hydrogen-bond donors (Lipinski definition) is 1. The van der Waals surface area contributed by atoms with Gasteiger partial charge in [-0.15, -0.1) is 0 Å². The second kappa shape index (κ2) is 11.4. The van der Waals surface area contributed by atoms with Gasteiger partial charge in [-0.3, -0.25) is 4.79 Å². The molecule has 0 radical (unpaired) electrons. The summed E-state index contributed by atoms with van der Waals surface area (Å²) in [6.07, 6.45) is 14.0. The molecule has 0 saturated carbocycles. The standard InChI is InChI=1S/C29H48N2O2/c1-6-7-8-9-10-11-12-13-17-20-25-31(21-24-18-15-14-16-19-24)26(32)29(33-25)22-27(2,3)30-28(4,5)23-29/h14-16,18-19,25,30H,6-13,17,20-23H2,1-5H3. The quantitative estimate of drug-likeness (QED) is 0.345. The maximum atomic E-state index is 13.9. The topological polar surface area (TPSA) is 41.6 Å². The Balaban J connectivity index is 1.62. The van der Waals surface area contributed by atoms with E-state index in [0.29, 0.717) is 6.54 Å². The third kappa shape index (κ3) is 7.29. The van der Waals surface area contributed by atoms with Crippen LogP contribution in [0.3, 0.4) is 0 Å². The first kappa shape index (κ1) is 26.2. The number of unbranched alkanes of at least 4 members (excludes halogenated alkanes) is 8. The Hall–Kier alpha value is -1.39. The zero-order valence-electron chi connectivity index (χ0n) is 21.9. The predicted octanol–water partition coefficient (Wildman–Crippen LogP) is 6.97. The van der Waals surface area contributed by atoms with Crippen LogP contribution in [-0.2, 0) is 16.1 Å². The lowest BCUT2D eigenvalue weighted by molar-refractivity contribution is -0.147. The van der Waals surface area contributed by atoms with Crippen LogP contribution in [0.5, 0.6) is 0 Å². The lowest BCUT2D eigenvalue weighted by Gasteiger charge is -2.49. The van der Waals surface area contributed by atoms with Crippen molar-refractivity contribution in [2.75, 3.05) is 0 Å². The second-order valence-electron chi connectivity index (χ2n) is 11.8. The minimum Gasteiger partial charge on any atom is -0.342 e. The fraction of sp³-hybridized carbons (Fsp3) is 0.759. The monoisotopic (exact) mass is 456 g/mol. The van der Waals surface area contributed by atoms with Crippen LogP contribution in [0.1, 0.15) is 117 Å². The summed E-state index contributed by atoms with van der Waals surface area (Å²) in [7, 11) is 0. The third-order valence-electron chi connectivity index (χ3n) is 7.24. The number of ether oxygens (including phenoxy) is 1. The molecule has 2 saturated heterocycles. The molecule has 1 N–H and O–H groups in total. The molecule has 4 nitrogen and oxygen atoms in total. The van der Waals surface area contributed by atoms with E-state index in [0.717, 1.165) is 25.7 Å². The van der Waals surface area contributed by atoms with E-state index >= 15 is 0 Å². The first-order valence-corrected chi connectivity index (χ1v) is 13.5. The van der Waals surface area contributed by atoms with Crippen LogP contribution in [0, 0.1) is 0 Å². The molecule has 2 fully saturated rings. The molecule has 2 aliphatic rings. The second-order valence-corrected chi connectivity index (χ2v) is 11.8. The molecule has 0 aromatic heterocycles. The summed E-state index contributed by atoms with van der Waals surface area (Å²) >= 11 is 0. The van der Waals surface area contributed by atoms with Gasteiger partial charge in [-0.2, -0.15) is 0 Å². The number of carbonyl (C=O) groups is 1. The molecule has 33 heavy (non-hydrogen) atoms. The van der Waals surface area contributed by atoms with Crippen molar-refractivity contribution in [3.63, 3.8) is 0 Å². The van der Waals surface area contributed by atoms with Gasteiger partial charge in [0.05, 0.1) is 0 Å². The number of piperidine rings is 1. The van der Waals surface area contributed by atoms with Crippen LogP contribution in [0.4, 0.5) is 0 Å². The zero-order valence-corrected chi connectivity index (χ0v) is 21.9. The van der Waals surface area contributed by atoms with E-state index < -0.39 is 5.60 Å². The fourth-order valence-corrected chi connectivity index (χ4v) is 6.29. The van der Waals surface area contributed by atoms with Gasteiger partial charge in [0.1, 0.15) is 6.23 Å². The molecule has 2 heterocycles. The van der Waals surface area contributed by atoms with E-state index in [1.54, 1.807) is 0 Å². The summed E-state index contributed by atoms with van der Waals surface area (Å²) in [4.78, 5) is 15.9. The van der Waals surface area contributed by atoms with Gasteiger partial charge in [0.2, 0.25) is 0 Å². The number of rotatable bonds is 12. The first-order chi connectivity index (χ1) is 15.7. The van der Waals surface area contributed by atoms with Crippen LogP contribution in [-0.4, -0.2) is 33.7 Å². The van der Waals surface area contributed by atoms with E-state index in [9.17, 15) is 4.79 Å². The number of carbonyl (C=O) groups excluding carboxylic acids is 1. The SMILES string of the molecule is CCCCCCCCCCCC1OC2(CC(C)(C)NC(C)(C)C2)C(=O)N1Cc1ccccc1. The van der Waals surface area contributed by atoms with E-state index in [1.807, 2.05) is 11.0 Å². The van der Waals surface area contributed by atoms with Crippen molar-refractivity contribution in [1.82, 2.24) is 10.2 Å². The average molecular weight is 457 g/mol. The molecular weight excluding hydrogens is 408 g/mol. The summed E-state index contributed by atoms with van der Waals surface area (Å²) in [6.45, 7) is 11.7. The van der Waals surface area contributed by atoms with Crippen molar-refractivity contribution in [3.8, 4) is 0 Å². The van der Waals surface area contributed by atoms with E-state index in [1.165, 1.54) is 56.9 Å². The molecule has 0 bridgehead atoms. The van der Waals surface area contributed by atoms with Crippen molar-refractivity contribution < 1.29 is 9.53 Å². The summed E-state index contributed by atoms with van der Waals surface area (Å²) in [5.41, 5.74) is 0.193. The smallest absolute Gasteiger partial charge is 0.257 e. The lowest BCUT2D eigenvalue weighted by atomic mass is 9.72. The molecule has 1 atom stereocenters. The maximum Gasteiger partial charge on any atom is 0.257 e. The molecule has 3 rings (SSSR count). The number of benzene rings is 1. The van der Waals surface area contributed by atoms with Crippen molar-refractivity contribution in [3.05, 3.63) is 35.9 Å². The van der Waals surface area contributed by atoms with Crippen LogP contribution in [0.2, 0.25) is 0 Å². The molecule has 1 aromatic carbocycles. The van der Waals surface area contributed by atoms with E-state index in [4.69, 9.17) is 4.74 Å². The Labute approximate surface area is 202 Å². The Morgan fingerprint density at radius 2 is 1.42 bits per heavy atom. The minimum absolute atomic E-state index is 0.119. The Kier molecular flexibility index (Phi) is 9.02. The first-order valence-electron chi connectivity index (χ1n) is 13.5. The van der Waals surface area contributed by atoms with Crippen molar-refractivity contribution in [2.24, 2.45) is 0 Å². The largest absolute Gasteiger partial charge is 0.342 e. The third-order valence-corrected chi connectivity index (χ3v) is 7.24. The van der Waals surface area contributed by atoms with Crippen LogP contribution in [0.25, 0.3) is 0 Å². The van der Waals surface area contributed by atoms with Gasteiger partial charge < -0.3 is 15.0 Å². The Morgan fingerprint density at radius 1 is 0.879 bits per heavy atom. The molecule has 1 amide bonds. The van der Waals surface area contributed by atoms with Gasteiger partial charge >= 0.3 is 0 Å². The molecule has 2 aliphatic heterocycles. The molecule has 186 valence electrons. The maximum absolute atomic E-state index is 13.9. The van der Waals surface area contributed by atoms with Gasteiger partial charge in [-0.05, 0) is 46.1 Å². The molecular formula is C29H48N2O2. The lowest BCUT2D eigenvalue weighted by Crippen LogP contribution is -2.65. The average Bonchev–Trinajstić information content (AvgIpc) is 2.95. The van der Waals surface area contributed by atoms with E-state index in [2.05, 4.69) is 64.2 Å². The highest BCUT2D eigenvalue weighted by Gasteiger charge is 2.59. The van der Waals surface area contributed by atoms with Gasteiger partial charge in [0.25, 0.3) is 5.91 Å². The van der Waals surface area contributed by atoms with Gasteiger partial charge in [0, 0.05) is 30.5 Å². The molecule has 4 heteroatoms. The van der Waals surface area contributed by atoms with Crippen molar-refractivity contribution in [2.45, 2.75) is 141 Å². The Bertz CT molecular complexity index is 727. The number of amides is 1. The zero-order chi connectivity index (χ0) is 24.0. The minimum atomic E-state index is -0.711. The molecule has 1 spiro atoms. The summed E-state index contributed by atoms with van der Waals surface area (Å²) < 4.78 is 6.77.